The van der Waals surface area contributed by atoms with Crippen LogP contribution in [-0.2, 0) is 4.79 Å². The van der Waals surface area contributed by atoms with Gasteiger partial charge < -0.3 is 14.8 Å². The lowest BCUT2D eigenvalue weighted by molar-refractivity contribution is -0.121. The highest BCUT2D eigenvalue weighted by Crippen LogP contribution is 2.25. The fraction of sp³-hybridized carbons (Fsp3) is 0.300. The van der Waals surface area contributed by atoms with E-state index in [1.165, 1.54) is 0 Å². The van der Waals surface area contributed by atoms with Gasteiger partial charge in [-0.2, -0.15) is 5.10 Å². The predicted molar refractivity (Wildman–Crippen MR) is 104 cm³/mol. The number of carbonyl (C=O) groups excluding carboxylic acids is 1. The van der Waals surface area contributed by atoms with Crippen LogP contribution < -0.4 is 20.2 Å². The molecule has 0 aliphatic heterocycles. The average molecular weight is 355 g/mol. The Bertz CT molecular complexity index is 803. The van der Waals surface area contributed by atoms with E-state index < -0.39 is 6.04 Å². The summed E-state index contributed by atoms with van der Waals surface area (Å²) in [4.78, 5) is 12.3. The Labute approximate surface area is 154 Å². The number of hydrazone groups is 1. The van der Waals surface area contributed by atoms with Gasteiger partial charge >= 0.3 is 0 Å². The zero-order valence-corrected chi connectivity index (χ0v) is 15.8. The summed E-state index contributed by atoms with van der Waals surface area (Å²) in [6.07, 6.45) is 0. The second-order valence-electron chi connectivity index (χ2n) is 5.92. The highest BCUT2D eigenvalue weighted by Gasteiger charge is 2.14. The van der Waals surface area contributed by atoms with Crippen molar-refractivity contribution in [1.82, 2.24) is 5.43 Å². The third kappa shape index (κ3) is 4.75. The molecule has 2 rings (SSSR count). The first-order valence-corrected chi connectivity index (χ1v) is 8.35. The van der Waals surface area contributed by atoms with Crippen molar-refractivity contribution < 1.29 is 14.3 Å². The van der Waals surface area contributed by atoms with Crippen molar-refractivity contribution in [2.45, 2.75) is 26.8 Å². The number of hydrogen-bond acceptors (Lipinski definition) is 5. The smallest absolute Gasteiger partial charge is 0.262 e. The molecule has 0 saturated heterocycles. The van der Waals surface area contributed by atoms with E-state index in [9.17, 15) is 4.79 Å². The number of benzene rings is 2. The van der Waals surface area contributed by atoms with Crippen LogP contribution in [-0.4, -0.2) is 31.9 Å². The number of anilines is 1. The largest absolute Gasteiger partial charge is 0.497 e. The lowest BCUT2D eigenvalue weighted by Crippen LogP contribution is -2.35. The minimum absolute atomic E-state index is 0.222. The molecule has 6 nitrogen and oxygen atoms in total. The molecule has 0 bridgehead atoms. The van der Waals surface area contributed by atoms with Gasteiger partial charge in [-0.15, -0.1) is 0 Å². The molecule has 138 valence electrons. The van der Waals surface area contributed by atoms with Crippen LogP contribution in [0.15, 0.2) is 47.6 Å². The number of ether oxygens (including phenoxy) is 2. The molecule has 2 aromatic rings. The molecule has 2 aromatic carbocycles. The summed E-state index contributed by atoms with van der Waals surface area (Å²) in [5.41, 5.74) is 6.03. The van der Waals surface area contributed by atoms with Crippen LogP contribution in [0.25, 0.3) is 0 Å². The topological polar surface area (TPSA) is 72.0 Å². The minimum Gasteiger partial charge on any atom is -0.497 e. The van der Waals surface area contributed by atoms with Crippen LogP contribution in [0.5, 0.6) is 11.5 Å². The summed E-state index contributed by atoms with van der Waals surface area (Å²) in [5, 5.41) is 7.39. The molecule has 0 fully saturated rings. The van der Waals surface area contributed by atoms with E-state index in [0.29, 0.717) is 17.2 Å². The van der Waals surface area contributed by atoms with Crippen molar-refractivity contribution in [3.63, 3.8) is 0 Å². The van der Waals surface area contributed by atoms with Gasteiger partial charge in [0.2, 0.25) is 0 Å². The SMILES string of the molecule is COc1ccc(/C(C)=N/NC(=O)C(C)Nc2ccccc2C)c(OC)c1. The van der Waals surface area contributed by atoms with Crippen molar-refractivity contribution in [3.05, 3.63) is 53.6 Å². The summed E-state index contributed by atoms with van der Waals surface area (Å²) in [6, 6.07) is 12.8. The monoisotopic (exact) mass is 355 g/mol. The van der Waals surface area contributed by atoms with Crippen LogP contribution in [0.4, 0.5) is 5.69 Å². The molecule has 0 saturated carbocycles. The zero-order chi connectivity index (χ0) is 19.1. The Hall–Kier alpha value is -3.02. The molecular formula is C20H25N3O3. The number of methoxy groups -OCH3 is 2. The standard InChI is InChI=1S/C20H25N3O3/c1-13-8-6-7-9-18(13)21-15(3)20(24)23-22-14(2)17-11-10-16(25-4)12-19(17)26-5/h6-12,15,21H,1-5H3,(H,23,24)/b22-14+. The van der Waals surface area contributed by atoms with E-state index in [1.807, 2.05) is 50.2 Å². The second-order valence-corrected chi connectivity index (χ2v) is 5.92. The Kier molecular flexibility index (Phi) is 6.60. The van der Waals surface area contributed by atoms with Crippen LogP contribution >= 0.6 is 0 Å². The summed E-state index contributed by atoms with van der Waals surface area (Å²) >= 11 is 0. The number of nitrogens with zero attached hydrogens (tertiary/aromatic N) is 1. The van der Waals surface area contributed by atoms with Gasteiger partial charge in [-0.3, -0.25) is 4.79 Å². The van der Waals surface area contributed by atoms with Crippen LogP contribution in [0.1, 0.15) is 25.0 Å². The minimum atomic E-state index is -0.426. The number of hydrogen-bond donors (Lipinski definition) is 2. The van der Waals surface area contributed by atoms with Gasteiger partial charge in [0.15, 0.2) is 0 Å². The molecular weight excluding hydrogens is 330 g/mol. The molecule has 0 spiro atoms. The molecule has 0 heterocycles. The quantitative estimate of drug-likeness (QED) is 0.590. The van der Waals surface area contributed by atoms with E-state index in [2.05, 4.69) is 15.8 Å². The van der Waals surface area contributed by atoms with Crippen molar-refractivity contribution in [2.24, 2.45) is 5.10 Å². The van der Waals surface area contributed by atoms with Crippen molar-refractivity contribution in [2.75, 3.05) is 19.5 Å². The Morgan fingerprint density at radius 3 is 2.50 bits per heavy atom. The van der Waals surface area contributed by atoms with Crippen LogP contribution in [0.3, 0.4) is 0 Å². The number of nitrogens with one attached hydrogen (secondary N) is 2. The average Bonchev–Trinajstić information content (AvgIpc) is 2.66. The van der Waals surface area contributed by atoms with Gasteiger partial charge in [-0.05, 0) is 44.5 Å². The Morgan fingerprint density at radius 1 is 1.12 bits per heavy atom. The summed E-state index contributed by atoms with van der Waals surface area (Å²) in [6.45, 7) is 5.59. The maximum absolute atomic E-state index is 12.3. The van der Waals surface area contributed by atoms with Crippen molar-refractivity contribution in [1.29, 1.82) is 0 Å². The fourth-order valence-electron chi connectivity index (χ4n) is 2.43. The number of rotatable bonds is 7. The molecule has 1 amide bonds. The van der Waals surface area contributed by atoms with Gasteiger partial charge in [-0.25, -0.2) is 5.43 Å². The highest BCUT2D eigenvalue weighted by atomic mass is 16.5. The van der Waals surface area contributed by atoms with E-state index >= 15 is 0 Å². The third-order valence-electron chi connectivity index (χ3n) is 4.04. The van der Waals surface area contributed by atoms with E-state index in [-0.39, 0.29) is 5.91 Å². The summed E-state index contributed by atoms with van der Waals surface area (Å²) in [5.74, 6) is 1.10. The van der Waals surface area contributed by atoms with Crippen LogP contribution in [0, 0.1) is 6.92 Å². The number of carbonyl (C=O) groups is 1. The normalized spacial score (nSPS) is 12.3. The first kappa shape index (κ1) is 19.3. The predicted octanol–water partition coefficient (Wildman–Crippen LogP) is 3.35. The van der Waals surface area contributed by atoms with Gasteiger partial charge in [0.25, 0.3) is 5.91 Å². The molecule has 1 atom stereocenters. The number of amides is 1. The molecule has 1 unspecified atom stereocenters. The van der Waals surface area contributed by atoms with Crippen LogP contribution in [0.2, 0.25) is 0 Å². The molecule has 2 N–H and O–H groups in total. The first-order chi connectivity index (χ1) is 12.5. The Balaban J connectivity index is 2.06. The van der Waals surface area contributed by atoms with Gasteiger partial charge in [-0.1, -0.05) is 18.2 Å². The van der Waals surface area contributed by atoms with Gasteiger partial charge in [0, 0.05) is 17.3 Å². The third-order valence-corrected chi connectivity index (χ3v) is 4.04. The van der Waals surface area contributed by atoms with E-state index in [4.69, 9.17) is 9.47 Å². The maximum atomic E-state index is 12.3. The lowest BCUT2D eigenvalue weighted by Gasteiger charge is -2.16. The van der Waals surface area contributed by atoms with Crippen molar-refractivity contribution >= 4 is 17.3 Å². The molecule has 6 heteroatoms. The summed E-state index contributed by atoms with van der Waals surface area (Å²) in [7, 11) is 3.18. The lowest BCUT2D eigenvalue weighted by atomic mass is 10.1. The first-order valence-electron chi connectivity index (χ1n) is 8.35. The Morgan fingerprint density at radius 2 is 1.85 bits per heavy atom. The van der Waals surface area contributed by atoms with E-state index in [1.54, 1.807) is 27.2 Å². The molecule has 26 heavy (non-hydrogen) atoms. The highest BCUT2D eigenvalue weighted by molar-refractivity contribution is 6.02. The maximum Gasteiger partial charge on any atom is 0.262 e. The molecule has 0 radical (unpaired) electrons. The zero-order valence-electron chi connectivity index (χ0n) is 15.8. The number of para-hydroxylation sites is 1. The van der Waals surface area contributed by atoms with Gasteiger partial charge in [0.05, 0.1) is 19.9 Å². The molecule has 0 aromatic heterocycles. The molecule has 0 aliphatic carbocycles. The summed E-state index contributed by atoms with van der Waals surface area (Å²) < 4.78 is 10.6. The van der Waals surface area contributed by atoms with E-state index in [0.717, 1.165) is 16.8 Å². The van der Waals surface area contributed by atoms with Crippen molar-refractivity contribution in [3.8, 4) is 11.5 Å². The van der Waals surface area contributed by atoms with Gasteiger partial charge in [0.1, 0.15) is 17.5 Å². The molecule has 0 aliphatic rings. The fourth-order valence-corrected chi connectivity index (χ4v) is 2.43. The second kappa shape index (κ2) is 8.89. The number of aryl methyl sites for hydroxylation is 1.